The summed E-state index contributed by atoms with van der Waals surface area (Å²) in [6.07, 6.45) is 11.9. The summed E-state index contributed by atoms with van der Waals surface area (Å²) in [7, 11) is 0. The van der Waals surface area contributed by atoms with Crippen LogP contribution in [0.2, 0.25) is 5.02 Å². The summed E-state index contributed by atoms with van der Waals surface area (Å²) >= 11 is 6.17. The molecular weight excluding hydrogens is 416 g/mol. The zero-order valence-corrected chi connectivity index (χ0v) is 18.5. The lowest BCUT2D eigenvalue weighted by molar-refractivity contribution is 0.519. The quantitative estimate of drug-likeness (QED) is 0.382. The Labute approximate surface area is 192 Å². The van der Waals surface area contributed by atoms with Crippen molar-refractivity contribution in [2.24, 2.45) is 0 Å². The molecule has 2 N–H and O–H groups in total. The van der Waals surface area contributed by atoms with Crippen LogP contribution >= 0.6 is 11.6 Å². The van der Waals surface area contributed by atoms with Crippen LogP contribution in [0.3, 0.4) is 0 Å². The topological polar surface area (TPSA) is 49.8 Å². The molecule has 32 heavy (non-hydrogen) atoms. The van der Waals surface area contributed by atoms with Gasteiger partial charge in [0.1, 0.15) is 5.82 Å². The Bertz CT molecular complexity index is 1330. The van der Waals surface area contributed by atoms with Gasteiger partial charge in [-0.2, -0.15) is 0 Å². The van der Waals surface area contributed by atoms with Gasteiger partial charge in [-0.1, -0.05) is 48.0 Å². The standard InChI is InChI=1S/C27H23ClN4/c1-27(23-9-12-29-13-10-23)11-7-19(18-32-27)17-31-26-25-6-5-21(15-22(25)8-14-30-26)20-3-2-4-24(28)16-20/h2-16,18,32H,17H2,1H3,(H,30,31). The van der Waals surface area contributed by atoms with Gasteiger partial charge in [-0.25, -0.2) is 4.98 Å². The second-order valence-electron chi connectivity index (χ2n) is 8.09. The van der Waals surface area contributed by atoms with Crippen LogP contribution < -0.4 is 10.6 Å². The van der Waals surface area contributed by atoms with Crippen LogP contribution in [0.1, 0.15) is 12.5 Å². The number of pyridine rings is 2. The van der Waals surface area contributed by atoms with E-state index in [1.54, 1.807) is 0 Å². The Balaban J connectivity index is 1.32. The van der Waals surface area contributed by atoms with Crippen molar-refractivity contribution in [1.82, 2.24) is 15.3 Å². The summed E-state index contributed by atoms with van der Waals surface area (Å²) < 4.78 is 0. The van der Waals surface area contributed by atoms with Crippen molar-refractivity contribution in [3.05, 3.63) is 114 Å². The SMILES string of the molecule is CC1(c2ccncc2)C=CC(CNc2nccc3cc(-c4cccc(Cl)c4)ccc23)=CN1. The van der Waals surface area contributed by atoms with Crippen molar-refractivity contribution in [3.8, 4) is 11.1 Å². The molecule has 5 rings (SSSR count). The number of halogens is 1. The van der Waals surface area contributed by atoms with Gasteiger partial charge in [0, 0.05) is 41.7 Å². The highest BCUT2D eigenvalue weighted by molar-refractivity contribution is 6.30. The monoisotopic (exact) mass is 438 g/mol. The van der Waals surface area contributed by atoms with E-state index >= 15 is 0 Å². The maximum absolute atomic E-state index is 6.17. The minimum atomic E-state index is -0.235. The molecule has 0 aliphatic carbocycles. The van der Waals surface area contributed by atoms with Gasteiger partial charge in [0.2, 0.25) is 0 Å². The molecule has 2 aromatic carbocycles. The van der Waals surface area contributed by atoms with Crippen LogP contribution in [-0.4, -0.2) is 16.5 Å². The zero-order valence-electron chi connectivity index (χ0n) is 17.7. The molecule has 1 atom stereocenters. The molecule has 158 valence electrons. The average molecular weight is 439 g/mol. The molecule has 1 aliphatic heterocycles. The van der Waals surface area contributed by atoms with Crippen LogP contribution in [-0.2, 0) is 5.54 Å². The number of fused-ring (bicyclic) bond motifs is 1. The number of benzene rings is 2. The fourth-order valence-electron chi connectivity index (χ4n) is 3.95. The highest BCUT2D eigenvalue weighted by Crippen LogP contribution is 2.29. The van der Waals surface area contributed by atoms with E-state index in [9.17, 15) is 0 Å². The first-order valence-electron chi connectivity index (χ1n) is 10.6. The fourth-order valence-corrected chi connectivity index (χ4v) is 4.14. The Morgan fingerprint density at radius 1 is 0.969 bits per heavy atom. The number of dihydropyridines is 1. The number of aromatic nitrogens is 2. The maximum Gasteiger partial charge on any atom is 0.134 e. The van der Waals surface area contributed by atoms with Crippen molar-refractivity contribution in [2.45, 2.75) is 12.5 Å². The largest absolute Gasteiger partial charge is 0.378 e. The molecule has 4 nitrogen and oxygen atoms in total. The van der Waals surface area contributed by atoms with E-state index in [4.69, 9.17) is 11.6 Å². The molecule has 5 heteroatoms. The van der Waals surface area contributed by atoms with Gasteiger partial charge in [0.25, 0.3) is 0 Å². The lowest BCUT2D eigenvalue weighted by Crippen LogP contribution is -2.36. The number of nitrogens with one attached hydrogen (secondary N) is 2. The molecule has 0 bridgehead atoms. The molecule has 0 fully saturated rings. The van der Waals surface area contributed by atoms with E-state index in [0.29, 0.717) is 6.54 Å². The molecule has 3 heterocycles. The van der Waals surface area contributed by atoms with Crippen LogP contribution in [0, 0.1) is 0 Å². The van der Waals surface area contributed by atoms with E-state index in [-0.39, 0.29) is 5.54 Å². The first kappa shape index (κ1) is 20.3. The summed E-state index contributed by atoms with van der Waals surface area (Å²) in [5.74, 6) is 0.872. The van der Waals surface area contributed by atoms with Gasteiger partial charge < -0.3 is 10.6 Å². The molecule has 0 radical (unpaired) electrons. The summed E-state index contributed by atoms with van der Waals surface area (Å²) in [6.45, 7) is 2.83. The highest BCUT2D eigenvalue weighted by Gasteiger charge is 2.24. The zero-order chi connectivity index (χ0) is 22.0. The van der Waals surface area contributed by atoms with Gasteiger partial charge >= 0.3 is 0 Å². The molecule has 0 saturated heterocycles. The molecule has 2 aromatic heterocycles. The van der Waals surface area contributed by atoms with Gasteiger partial charge in [0.05, 0.1) is 5.54 Å². The second kappa shape index (κ2) is 8.48. The minimum absolute atomic E-state index is 0.235. The first-order chi connectivity index (χ1) is 15.6. The minimum Gasteiger partial charge on any atom is -0.378 e. The second-order valence-corrected chi connectivity index (χ2v) is 8.53. The lowest BCUT2D eigenvalue weighted by atomic mass is 9.90. The fraction of sp³-hybridized carbons (Fsp3) is 0.111. The Morgan fingerprint density at radius 2 is 1.81 bits per heavy atom. The van der Waals surface area contributed by atoms with Gasteiger partial charge in [0.15, 0.2) is 0 Å². The summed E-state index contributed by atoms with van der Waals surface area (Å²) in [4.78, 5) is 8.68. The van der Waals surface area contributed by atoms with Gasteiger partial charge in [-0.15, -0.1) is 0 Å². The van der Waals surface area contributed by atoms with E-state index in [1.807, 2.05) is 55.0 Å². The molecule has 0 spiro atoms. The molecule has 1 aliphatic rings. The molecule has 0 amide bonds. The predicted molar refractivity (Wildman–Crippen MR) is 133 cm³/mol. The van der Waals surface area contributed by atoms with Crippen molar-refractivity contribution >= 4 is 28.2 Å². The first-order valence-corrected chi connectivity index (χ1v) is 10.9. The number of anilines is 1. The summed E-state index contributed by atoms with van der Waals surface area (Å²) in [5.41, 5.74) is 4.34. The van der Waals surface area contributed by atoms with Crippen LogP contribution in [0.5, 0.6) is 0 Å². The Hall–Kier alpha value is -3.63. The van der Waals surface area contributed by atoms with Crippen molar-refractivity contribution in [3.63, 3.8) is 0 Å². The molecule has 1 unspecified atom stereocenters. The van der Waals surface area contributed by atoms with Gasteiger partial charge in [-0.3, -0.25) is 4.98 Å². The lowest BCUT2D eigenvalue weighted by Gasteiger charge is -2.30. The third-order valence-electron chi connectivity index (χ3n) is 5.85. The van der Waals surface area contributed by atoms with Crippen molar-refractivity contribution in [1.29, 1.82) is 0 Å². The number of rotatable bonds is 5. The maximum atomic E-state index is 6.17. The van der Waals surface area contributed by atoms with Gasteiger partial charge in [-0.05, 0) is 71.0 Å². The third kappa shape index (κ3) is 4.10. The normalized spacial score (nSPS) is 17.6. The van der Waals surface area contributed by atoms with Crippen LogP contribution in [0.15, 0.2) is 103 Å². The smallest absolute Gasteiger partial charge is 0.134 e. The molecule has 4 aromatic rings. The summed E-state index contributed by atoms with van der Waals surface area (Å²) in [5, 5.41) is 9.97. The van der Waals surface area contributed by atoms with Crippen LogP contribution in [0.25, 0.3) is 21.9 Å². The third-order valence-corrected chi connectivity index (χ3v) is 6.09. The van der Waals surface area contributed by atoms with E-state index in [1.165, 1.54) is 5.56 Å². The van der Waals surface area contributed by atoms with Crippen molar-refractivity contribution in [2.75, 3.05) is 11.9 Å². The number of hydrogen-bond donors (Lipinski definition) is 2. The average Bonchev–Trinajstić information content (AvgIpc) is 2.84. The van der Waals surface area contributed by atoms with E-state index < -0.39 is 0 Å². The van der Waals surface area contributed by atoms with E-state index in [2.05, 4.69) is 70.1 Å². The predicted octanol–water partition coefficient (Wildman–Crippen LogP) is 6.32. The molecular formula is C27H23ClN4. The van der Waals surface area contributed by atoms with Crippen LogP contribution in [0.4, 0.5) is 5.82 Å². The van der Waals surface area contributed by atoms with Crippen molar-refractivity contribution < 1.29 is 0 Å². The Morgan fingerprint density at radius 3 is 2.59 bits per heavy atom. The number of hydrogen-bond acceptors (Lipinski definition) is 4. The highest BCUT2D eigenvalue weighted by atomic mass is 35.5. The number of nitrogens with zero attached hydrogens (tertiary/aromatic N) is 2. The Kier molecular flexibility index (Phi) is 5.38. The van der Waals surface area contributed by atoms with E-state index in [0.717, 1.165) is 38.3 Å². The summed E-state index contributed by atoms with van der Waals surface area (Å²) in [6, 6.07) is 20.4. The molecule has 0 saturated carbocycles.